The van der Waals surface area contributed by atoms with E-state index in [-0.39, 0.29) is 11.3 Å². The fourth-order valence-corrected chi connectivity index (χ4v) is 3.50. The van der Waals surface area contributed by atoms with Crippen LogP contribution in [0.2, 0.25) is 0 Å². The normalized spacial score (nSPS) is 14.9. The SMILES string of the molecule is Cc1ccc(C(Sc2cccs2)C(C)N)o1. The zero-order chi connectivity index (χ0) is 11.5. The molecule has 16 heavy (non-hydrogen) atoms. The van der Waals surface area contributed by atoms with E-state index in [1.807, 2.05) is 26.0 Å². The monoisotopic (exact) mass is 253 g/mol. The van der Waals surface area contributed by atoms with Crippen molar-refractivity contribution >= 4 is 23.1 Å². The second-order valence-electron chi connectivity index (χ2n) is 3.78. The van der Waals surface area contributed by atoms with Crippen LogP contribution in [0.4, 0.5) is 0 Å². The minimum absolute atomic E-state index is 0.0673. The number of hydrogen-bond acceptors (Lipinski definition) is 4. The number of nitrogens with two attached hydrogens (primary N) is 1. The second kappa shape index (κ2) is 5.08. The van der Waals surface area contributed by atoms with Crippen molar-refractivity contribution in [3.63, 3.8) is 0 Å². The molecule has 0 fully saturated rings. The van der Waals surface area contributed by atoms with Gasteiger partial charge in [-0.15, -0.1) is 23.1 Å². The summed E-state index contributed by atoms with van der Waals surface area (Å²) in [5.74, 6) is 1.90. The van der Waals surface area contributed by atoms with Gasteiger partial charge in [0.2, 0.25) is 0 Å². The first-order valence-corrected chi connectivity index (χ1v) is 6.95. The summed E-state index contributed by atoms with van der Waals surface area (Å²) in [6.07, 6.45) is 0. The molecule has 0 aliphatic heterocycles. The van der Waals surface area contributed by atoms with Gasteiger partial charge in [0.15, 0.2) is 0 Å². The van der Waals surface area contributed by atoms with Crippen molar-refractivity contribution in [1.82, 2.24) is 0 Å². The fraction of sp³-hybridized carbons (Fsp3) is 0.333. The van der Waals surface area contributed by atoms with Gasteiger partial charge in [0.1, 0.15) is 11.5 Å². The summed E-state index contributed by atoms with van der Waals surface area (Å²) in [6, 6.07) is 8.24. The maximum absolute atomic E-state index is 6.02. The maximum Gasteiger partial charge on any atom is 0.119 e. The molecule has 0 spiro atoms. The Kier molecular flexibility index (Phi) is 3.74. The first-order valence-electron chi connectivity index (χ1n) is 5.19. The van der Waals surface area contributed by atoms with E-state index >= 15 is 0 Å². The molecule has 2 N–H and O–H groups in total. The molecule has 0 radical (unpaired) electrons. The lowest BCUT2D eigenvalue weighted by molar-refractivity contribution is 0.465. The molecule has 2 nitrogen and oxygen atoms in total. The van der Waals surface area contributed by atoms with Crippen molar-refractivity contribution < 1.29 is 4.42 Å². The number of furan rings is 1. The Morgan fingerprint density at radius 2 is 2.19 bits per heavy atom. The van der Waals surface area contributed by atoms with Crippen LogP contribution < -0.4 is 5.73 Å². The smallest absolute Gasteiger partial charge is 0.119 e. The number of thioether (sulfide) groups is 1. The molecular weight excluding hydrogens is 238 g/mol. The largest absolute Gasteiger partial charge is 0.465 e. The minimum Gasteiger partial charge on any atom is -0.465 e. The van der Waals surface area contributed by atoms with Gasteiger partial charge in [-0.2, -0.15) is 0 Å². The quantitative estimate of drug-likeness (QED) is 0.842. The van der Waals surface area contributed by atoms with E-state index in [0.29, 0.717) is 0 Å². The summed E-state index contributed by atoms with van der Waals surface area (Å²) in [4.78, 5) is 0. The van der Waals surface area contributed by atoms with Crippen LogP contribution in [0.25, 0.3) is 0 Å². The number of aryl methyl sites for hydroxylation is 1. The third kappa shape index (κ3) is 2.70. The molecular formula is C12H15NOS2. The van der Waals surface area contributed by atoms with E-state index < -0.39 is 0 Å². The van der Waals surface area contributed by atoms with Crippen LogP contribution in [0.3, 0.4) is 0 Å². The lowest BCUT2D eigenvalue weighted by atomic mass is 10.2. The van der Waals surface area contributed by atoms with Gasteiger partial charge in [0.05, 0.1) is 9.46 Å². The zero-order valence-electron chi connectivity index (χ0n) is 9.34. The summed E-state index contributed by atoms with van der Waals surface area (Å²) in [6.45, 7) is 3.97. The average molecular weight is 253 g/mol. The molecule has 0 amide bonds. The van der Waals surface area contributed by atoms with Gasteiger partial charge in [-0.05, 0) is 37.4 Å². The molecule has 0 aliphatic rings. The highest BCUT2D eigenvalue weighted by atomic mass is 32.2. The molecule has 86 valence electrons. The lowest BCUT2D eigenvalue weighted by Gasteiger charge is -2.16. The van der Waals surface area contributed by atoms with Crippen LogP contribution in [0.15, 0.2) is 38.3 Å². The highest BCUT2D eigenvalue weighted by molar-refractivity contribution is 8.01. The summed E-state index contributed by atoms with van der Waals surface area (Å²) >= 11 is 3.51. The molecule has 2 heterocycles. The molecule has 4 heteroatoms. The summed E-state index contributed by atoms with van der Waals surface area (Å²) in [5.41, 5.74) is 6.02. The van der Waals surface area contributed by atoms with Crippen LogP contribution in [0.5, 0.6) is 0 Å². The Hall–Kier alpha value is -0.710. The van der Waals surface area contributed by atoms with Gasteiger partial charge < -0.3 is 10.2 Å². The third-order valence-electron chi connectivity index (χ3n) is 2.26. The van der Waals surface area contributed by atoms with Crippen molar-refractivity contribution in [2.45, 2.75) is 29.3 Å². The molecule has 2 atom stereocenters. The molecule has 0 bridgehead atoms. The summed E-state index contributed by atoms with van der Waals surface area (Å²) in [7, 11) is 0. The van der Waals surface area contributed by atoms with E-state index in [0.717, 1.165) is 11.5 Å². The van der Waals surface area contributed by atoms with Gasteiger partial charge in [-0.1, -0.05) is 6.07 Å². The van der Waals surface area contributed by atoms with Crippen molar-refractivity contribution in [3.8, 4) is 0 Å². The molecule has 2 rings (SSSR count). The molecule has 0 aliphatic carbocycles. The Labute approximate surface area is 104 Å². The van der Waals surface area contributed by atoms with Crippen molar-refractivity contribution in [2.24, 2.45) is 5.73 Å². The number of hydrogen-bond donors (Lipinski definition) is 1. The lowest BCUT2D eigenvalue weighted by Crippen LogP contribution is -2.22. The van der Waals surface area contributed by atoms with Crippen molar-refractivity contribution in [3.05, 3.63) is 41.2 Å². The van der Waals surface area contributed by atoms with E-state index in [1.165, 1.54) is 4.21 Å². The van der Waals surface area contributed by atoms with Crippen LogP contribution in [-0.2, 0) is 0 Å². The second-order valence-corrected chi connectivity index (χ2v) is 6.17. The Morgan fingerprint density at radius 3 is 2.69 bits per heavy atom. The van der Waals surface area contributed by atoms with E-state index in [4.69, 9.17) is 10.2 Å². The fourth-order valence-electron chi connectivity index (χ4n) is 1.49. The van der Waals surface area contributed by atoms with Crippen LogP contribution in [0.1, 0.15) is 23.7 Å². The van der Waals surface area contributed by atoms with Crippen LogP contribution >= 0.6 is 23.1 Å². The molecule has 0 aromatic carbocycles. The standard InChI is InChI=1S/C12H15NOS2/c1-8-5-6-10(14-8)12(9(2)13)16-11-4-3-7-15-11/h3-7,9,12H,13H2,1-2H3. The van der Waals surface area contributed by atoms with E-state index in [9.17, 15) is 0 Å². The predicted octanol–water partition coefficient (Wildman–Crippen LogP) is 3.83. The Morgan fingerprint density at radius 1 is 1.38 bits per heavy atom. The van der Waals surface area contributed by atoms with Gasteiger partial charge in [0, 0.05) is 6.04 Å². The molecule has 2 unspecified atom stereocenters. The van der Waals surface area contributed by atoms with Gasteiger partial charge >= 0.3 is 0 Å². The van der Waals surface area contributed by atoms with Crippen molar-refractivity contribution in [2.75, 3.05) is 0 Å². The zero-order valence-corrected chi connectivity index (χ0v) is 11.0. The van der Waals surface area contributed by atoms with Gasteiger partial charge in [-0.25, -0.2) is 0 Å². The molecule has 2 aromatic heterocycles. The van der Waals surface area contributed by atoms with Crippen molar-refractivity contribution in [1.29, 1.82) is 0 Å². The summed E-state index contributed by atoms with van der Waals surface area (Å²) in [5, 5.41) is 2.26. The maximum atomic E-state index is 6.02. The summed E-state index contributed by atoms with van der Waals surface area (Å²) < 4.78 is 6.93. The van der Waals surface area contributed by atoms with Crippen LogP contribution in [0, 0.1) is 6.92 Å². The Balaban J connectivity index is 2.18. The van der Waals surface area contributed by atoms with E-state index in [1.54, 1.807) is 23.1 Å². The van der Waals surface area contributed by atoms with Gasteiger partial charge in [0.25, 0.3) is 0 Å². The Bertz CT molecular complexity index is 434. The van der Waals surface area contributed by atoms with E-state index in [2.05, 4.69) is 17.5 Å². The topological polar surface area (TPSA) is 39.2 Å². The minimum atomic E-state index is 0.0673. The average Bonchev–Trinajstić information content (AvgIpc) is 2.84. The molecule has 0 saturated heterocycles. The molecule has 0 saturated carbocycles. The first kappa shape index (κ1) is 11.8. The van der Waals surface area contributed by atoms with Crippen LogP contribution in [-0.4, -0.2) is 6.04 Å². The van der Waals surface area contributed by atoms with Gasteiger partial charge in [-0.3, -0.25) is 0 Å². The number of thiophene rings is 1. The molecule has 2 aromatic rings. The third-order valence-corrected chi connectivity index (χ3v) is 4.78. The highest BCUT2D eigenvalue weighted by Gasteiger charge is 2.21. The first-order chi connectivity index (χ1) is 7.66. The number of rotatable bonds is 4. The highest BCUT2D eigenvalue weighted by Crippen LogP contribution is 2.39. The predicted molar refractivity (Wildman–Crippen MR) is 70.0 cm³/mol.